The fraction of sp³-hybridized carbons (Fsp3) is 0.600. The van der Waals surface area contributed by atoms with Crippen LogP contribution < -0.4 is 5.32 Å². The molecule has 5 heteroatoms. The predicted octanol–water partition coefficient (Wildman–Crippen LogP) is 3.49. The van der Waals surface area contributed by atoms with Crippen molar-refractivity contribution in [2.75, 3.05) is 13.2 Å². The standard InChI is InChI=1S/C10H13Cl2NOS/c1-2-6-5-14-8(4-13-6)7-3-9(11)15-10(7)12/h3,6,8,13H,2,4-5H2,1H3. The number of rotatable bonds is 2. The third kappa shape index (κ3) is 2.66. The topological polar surface area (TPSA) is 21.3 Å². The maximum atomic E-state index is 6.07. The molecule has 1 saturated heterocycles. The van der Waals surface area contributed by atoms with Crippen LogP contribution in [0, 0.1) is 0 Å². The van der Waals surface area contributed by atoms with Gasteiger partial charge in [-0.25, -0.2) is 0 Å². The highest BCUT2D eigenvalue weighted by Crippen LogP contribution is 2.36. The van der Waals surface area contributed by atoms with Crippen molar-refractivity contribution in [1.82, 2.24) is 5.32 Å². The lowest BCUT2D eigenvalue weighted by Gasteiger charge is -2.29. The number of thiophene rings is 1. The Morgan fingerprint density at radius 2 is 2.40 bits per heavy atom. The van der Waals surface area contributed by atoms with Gasteiger partial charge < -0.3 is 10.1 Å². The molecule has 1 aromatic heterocycles. The highest BCUT2D eigenvalue weighted by molar-refractivity contribution is 7.20. The van der Waals surface area contributed by atoms with Crippen LogP contribution in [0.25, 0.3) is 0 Å². The summed E-state index contributed by atoms with van der Waals surface area (Å²) < 4.78 is 7.22. The molecule has 84 valence electrons. The van der Waals surface area contributed by atoms with E-state index in [1.807, 2.05) is 6.07 Å². The van der Waals surface area contributed by atoms with Gasteiger partial charge in [-0.1, -0.05) is 30.1 Å². The van der Waals surface area contributed by atoms with Crippen LogP contribution in [0.2, 0.25) is 8.67 Å². The van der Waals surface area contributed by atoms with Crippen LogP contribution >= 0.6 is 34.5 Å². The Labute approximate surface area is 104 Å². The van der Waals surface area contributed by atoms with Gasteiger partial charge in [0, 0.05) is 18.2 Å². The van der Waals surface area contributed by atoms with Crippen LogP contribution in [0.4, 0.5) is 0 Å². The van der Waals surface area contributed by atoms with Gasteiger partial charge in [0.25, 0.3) is 0 Å². The summed E-state index contributed by atoms with van der Waals surface area (Å²) in [6, 6.07) is 2.36. The minimum atomic E-state index is 0.0454. The van der Waals surface area contributed by atoms with Gasteiger partial charge in [-0.15, -0.1) is 11.3 Å². The Morgan fingerprint density at radius 1 is 1.60 bits per heavy atom. The fourth-order valence-electron chi connectivity index (χ4n) is 1.66. The largest absolute Gasteiger partial charge is 0.370 e. The summed E-state index contributed by atoms with van der Waals surface area (Å²) in [5.74, 6) is 0. The number of hydrogen-bond donors (Lipinski definition) is 1. The molecule has 0 aliphatic carbocycles. The Kier molecular flexibility index (Phi) is 3.91. The normalized spacial score (nSPS) is 26.9. The van der Waals surface area contributed by atoms with E-state index in [0.29, 0.717) is 6.04 Å². The molecule has 1 fully saturated rings. The van der Waals surface area contributed by atoms with Crippen LogP contribution in [0.3, 0.4) is 0 Å². The summed E-state index contributed by atoms with van der Waals surface area (Å²) in [6.07, 6.45) is 1.13. The molecule has 15 heavy (non-hydrogen) atoms. The van der Waals surface area contributed by atoms with Gasteiger partial charge in [0.1, 0.15) is 4.34 Å². The van der Waals surface area contributed by atoms with Crippen LogP contribution in [-0.2, 0) is 4.74 Å². The number of halogens is 2. The van der Waals surface area contributed by atoms with Crippen molar-refractivity contribution in [2.45, 2.75) is 25.5 Å². The average molecular weight is 266 g/mol. The van der Waals surface area contributed by atoms with E-state index >= 15 is 0 Å². The van der Waals surface area contributed by atoms with Crippen molar-refractivity contribution in [3.63, 3.8) is 0 Å². The monoisotopic (exact) mass is 265 g/mol. The van der Waals surface area contributed by atoms with Crippen molar-refractivity contribution in [3.8, 4) is 0 Å². The van der Waals surface area contributed by atoms with Crippen LogP contribution in [0.1, 0.15) is 25.0 Å². The quantitative estimate of drug-likeness (QED) is 0.884. The van der Waals surface area contributed by atoms with Gasteiger partial charge in [0.15, 0.2) is 0 Å². The molecule has 0 amide bonds. The zero-order valence-corrected chi connectivity index (χ0v) is 10.8. The minimum absolute atomic E-state index is 0.0454. The van der Waals surface area contributed by atoms with E-state index in [9.17, 15) is 0 Å². The van der Waals surface area contributed by atoms with E-state index in [0.717, 1.165) is 33.8 Å². The lowest BCUT2D eigenvalue weighted by Crippen LogP contribution is -2.42. The highest BCUT2D eigenvalue weighted by atomic mass is 35.5. The van der Waals surface area contributed by atoms with Crippen molar-refractivity contribution >= 4 is 34.5 Å². The highest BCUT2D eigenvalue weighted by Gasteiger charge is 2.24. The first-order valence-corrected chi connectivity index (χ1v) is 6.57. The smallest absolute Gasteiger partial charge is 0.100 e. The summed E-state index contributed by atoms with van der Waals surface area (Å²) in [7, 11) is 0. The second-order valence-corrected chi connectivity index (χ2v) is 5.90. The summed E-state index contributed by atoms with van der Waals surface area (Å²) >= 11 is 13.4. The third-order valence-corrected chi connectivity index (χ3v) is 4.13. The van der Waals surface area contributed by atoms with Gasteiger partial charge in [-0.2, -0.15) is 0 Å². The third-order valence-electron chi connectivity index (χ3n) is 2.61. The molecule has 0 saturated carbocycles. The molecule has 1 aliphatic heterocycles. The number of morpholine rings is 1. The predicted molar refractivity (Wildman–Crippen MR) is 65.1 cm³/mol. The van der Waals surface area contributed by atoms with E-state index in [-0.39, 0.29) is 6.10 Å². The zero-order valence-electron chi connectivity index (χ0n) is 8.43. The second kappa shape index (κ2) is 5.02. The van der Waals surface area contributed by atoms with Gasteiger partial charge >= 0.3 is 0 Å². The Morgan fingerprint density at radius 3 is 2.87 bits per heavy atom. The molecule has 2 heterocycles. The van der Waals surface area contributed by atoms with E-state index < -0.39 is 0 Å². The fourth-order valence-corrected chi connectivity index (χ4v) is 3.22. The van der Waals surface area contributed by atoms with Gasteiger partial charge in [-0.3, -0.25) is 0 Å². The molecule has 0 radical (unpaired) electrons. The molecule has 0 spiro atoms. The molecule has 1 aliphatic rings. The molecule has 2 nitrogen and oxygen atoms in total. The SMILES string of the molecule is CCC1COC(c2cc(Cl)sc2Cl)CN1. The Hall–Kier alpha value is 0.200. The molecule has 2 rings (SSSR count). The van der Waals surface area contributed by atoms with Gasteiger partial charge in [0.2, 0.25) is 0 Å². The molecule has 2 atom stereocenters. The van der Waals surface area contributed by atoms with Gasteiger partial charge in [0.05, 0.1) is 17.0 Å². The maximum absolute atomic E-state index is 6.07. The lowest BCUT2D eigenvalue weighted by molar-refractivity contribution is 0.00251. The molecular weight excluding hydrogens is 253 g/mol. The van der Waals surface area contributed by atoms with E-state index in [1.165, 1.54) is 11.3 Å². The number of nitrogens with one attached hydrogen (secondary N) is 1. The minimum Gasteiger partial charge on any atom is -0.370 e. The zero-order chi connectivity index (χ0) is 10.8. The van der Waals surface area contributed by atoms with E-state index in [2.05, 4.69) is 12.2 Å². The van der Waals surface area contributed by atoms with Crippen LogP contribution in [-0.4, -0.2) is 19.2 Å². The number of ether oxygens (including phenoxy) is 1. The molecule has 0 bridgehead atoms. The summed E-state index contributed by atoms with van der Waals surface area (Å²) in [4.78, 5) is 0. The summed E-state index contributed by atoms with van der Waals surface area (Å²) in [5, 5.41) is 3.43. The average Bonchev–Trinajstić information content (AvgIpc) is 2.58. The number of hydrogen-bond acceptors (Lipinski definition) is 3. The molecular formula is C10H13Cl2NOS. The Balaban J connectivity index is 2.04. The van der Waals surface area contributed by atoms with E-state index in [1.54, 1.807) is 0 Å². The van der Waals surface area contributed by atoms with Crippen molar-refractivity contribution in [3.05, 3.63) is 20.3 Å². The first-order valence-electron chi connectivity index (χ1n) is 5.00. The van der Waals surface area contributed by atoms with Gasteiger partial charge in [-0.05, 0) is 12.5 Å². The van der Waals surface area contributed by atoms with Crippen LogP contribution in [0.15, 0.2) is 6.07 Å². The van der Waals surface area contributed by atoms with Crippen molar-refractivity contribution in [2.24, 2.45) is 0 Å². The van der Waals surface area contributed by atoms with Crippen molar-refractivity contribution in [1.29, 1.82) is 0 Å². The molecule has 1 aromatic rings. The molecule has 2 unspecified atom stereocenters. The van der Waals surface area contributed by atoms with E-state index in [4.69, 9.17) is 27.9 Å². The molecule has 1 N–H and O–H groups in total. The first-order chi connectivity index (χ1) is 7.20. The second-order valence-electron chi connectivity index (χ2n) is 3.61. The summed E-state index contributed by atoms with van der Waals surface area (Å²) in [6.45, 7) is 3.70. The summed E-state index contributed by atoms with van der Waals surface area (Å²) in [5.41, 5.74) is 1.01. The maximum Gasteiger partial charge on any atom is 0.100 e. The molecule has 0 aromatic carbocycles. The van der Waals surface area contributed by atoms with Crippen molar-refractivity contribution < 1.29 is 4.74 Å². The Bertz CT molecular complexity index is 334. The first kappa shape index (κ1) is 11.7. The van der Waals surface area contributed by atoms with Crippen LogP contribution in [0.5, 0.6) is 0 Å². The lowest BCUT2D eigenvalue weighted by atomic mass is 10.1.